The lowest BCUT2D eigenvalue weighted by Crippen LogP contribution is -2.39. The average Bonchev–Trinajstić information content (AvgIpc) is 2.97. The zero-order valence-electron chi connectivity index (χ0n) is 18.4. The number of rotatable bonds is 8. The third-order valence-corrected chi connectivity index (χ3v) is 5.31. The molecule has 0 saturated carbocycles. The number of carbonyl (C=O) groups excluding carboxylic acids is 3. The van der Waals surface area contributed by atoms with E-state index in [1.807, 2.05) is 19.1 Å². The molecular weight excluding hydrogens is 394 g/mol. The van der Waals surface area contributed by atoms with Crippen LogP contribution < -0.4 is 15.0 Å². The average molecular weight is 424 g/mol. The second-order valence-corrected chi connectivity index (χ2v) is 8.16. The summed E-state index contributed by atoms with van der Waals surface area (Å²) in [5, 5.41) is 2.80. The van der Waals surface area contributed by atoms with Crippen LogP contribution >= 0.6 is 0 Å². The highest BCUT2D eigenvalue weighted by Crippen LogP contribution is 2.28. The maximum Gasteiger partial charge on any atom is 0.332 e. The molecule has 0 aliphatic carbocycles. The summed E-state index contributed by atoms with van der Waals surface area (Å²) in [4.78, 5) is 41.7. The molecule has 1 aliphatic rings. The minimum absolute atomic E-state index is 0.100. The van der Waals surface area contributed by atoms with E-state index >= 15 is 0 Å². The first-order valence-electron chi connectivity index (χ1n) is 10.4. The SMILES string of the molecule is COc1ccc(NC(=O)C[C@H]2C(=O)N(c3ccc(C)cc3)C(=O)N2CCC(C)C)cc1. The van der Waals surface area contributed by atoms with Gasteiger partial charge in [0.05, 0.1) is 19.2 Å². The summed E-state index contributed by atoms with van der Waals surface area (Å²) in [6.07, 6.45) is 0.647. The van der Waals surface area contributed by atoms with Gasteiger partial charge in [0.15, 0.2) is 0 Å². The molecule has 1 aliphatic heterocycles. The number of hydrogen-bond donors (Lipinski definition) is 1. The summed E-state index contributed by atoms with van der Waals surface area (Å²) in [6.45, 7) is 6.49. The van der Waals surface area contributed by atoms with Crippen LogP contribution in [0.15, 0.2) is 48.5 Å². The Morgan fingerprint density at radius 2 is 1.71 bits per heavy atom. The van der Waals surface area contributed by atoms with Crippen LogP contribution in [-0.2, 0) is 9.59 Å². The van der Waals surface area contributed by atoms with Crippen LogP contribution in [0.4, 0.5) is 16.2 Å². The van der Waals surface area contributed by atoms with Gasteiger partial charge in [0.2, 0.25) is 5.91 Å². The first-order chi connectivity index (χ1) is 14.8. The topological polar surface area (TPSA) is 79.0 Å². The number of methoxy groups -OCH3 is 1. The fraction of sp³-hybridized carbons (Fsp3) is 0.375. The van der Waals surface area contributed by atoms with Gasteiger partial charge in [-0.05, 0) is 55.7 Å². The van der Waals surface area contributed by atoms with E-state index in [0.29, 0.717) is 29.6 Å². The lowest BCUT2D eigenvalue weighted by Gasteiger charge is -2.22. The number of aryl methyl sites for hydroxylation is 1. The lowest BCUT2D eigenvalue weighted by molar-refractivity contribution is -0.124. The van der Waals surface area contributed by atoms with Crippen LogP contribution in [0.25, 0.3) is 0 Å². The fourth-order valence-electron chi connectivity index (χ4n) is 3.48. The Balaban J connectivity index is 1.78. The summed E-state index contributed by atoms with van der Waals surface area (Å²) in [5.74, 6) is 0.354. The predicted molar refractivity (Wildman–Crippen MR) is 120 cm³/mol. The van der Waals surface area contributed by atoms with Gasteiger partial charge in [-0.2, -0.15) is 0 Å². The molecule has 2 aromatic carbocycles. The Bertz CT molecular complexity index is 938. The summed E-state index contributed by atoms with van der Waals surface area (Å²) in [6, 6.07) is 13.0. The molecular formula is C24H29N3O4. The number of urea groups is 1. The highest BCUT2D eigenvalue weighted by molar-refractivity contribution is 6.22. The molecule has 1 atom stereocenters. The number of anilines is 2. The third-order valence-electron chi connectivity index (χ3n) is 5.31. The standard InChI is InChI=1S/C24H29N3O4/c1-16(2)13-14-26-21(15-22(28)25-18-7-11-20(31-4)12-8-18)23(29)27(24(26)30)19-9-5-17(3)6-10-19/h5-12,16,21H,13-15H2,1-4H3,(H,25,28)/t21-/m0/s1. The van der Waals surface area contributed by atoms with Crippen LogP contribution in [-0.4, -0.2) is 42.4 Å². The maximum atomic E-state index is 13.2. The van der Waals surface area contributed by atoms with Crippen molar-refractivity contribution >= 4 is 29.2 Å². The molecule has 1 saturated heterocycles. The van der Waals surface area contributed by atoms with E-state index in [1.54, 1.807) is 43.5 Å². The van der Waals surface area contributed by atoms with E-state index in [9.17, 15) is 14.4 Å². The number of amides is 4. The molecule has 7 heteroatoms. The number of carbonyl (C=O) groups is 3. The smallest absolute Gasteiger partial charge is 0.332 e. The van der Waals surface area contributed by atoms with E-state index in [-0.39, 0.29) is 24.3 Å². The van der Waals surface area contributed by atoms with Gasteiger partial charge in [-0.25, -0.2) is 9.69 Å². The third kappa shape index (κ3) is 5.23. The van der Waals surface area contributed by atoms with Gasteiger partial charge in [-0.3, -0.25) is 9.59 Å². The van der Waals surface area contributed by atoms with Crippen molar-refractivity contribution in [1.82, 2.24) is 4.90 Å². The summed E-state index contributed by atoms with van der Waals surface area (Å²) < 4.78 is 5.12. The van der Waals surface area contributed by atoms with Crippen molar-refractivity contribution in [3.63, 3.8) is 0 Å². The van der Waals surface area contributed by atoms with Crippen LogP contribution in [0.1, 0.15) is 32.3 Å². The van der Waals surface area contributed by atoms with E-state index < -0.39 is 6.04 Å². The Morgan fingerprint density at radius 3 is 2.29 bits per heavy atom. The van der Waals surface area contributed by atoms with Gasteiger partial charge in [-0.15, -0.1) is 0 Å². The summed E-state index contributed by atoms with van der Waals surface area (Å²) in [5.41, 5.74) is 2.16. The molecule has 164 valence electrons. The maximum absolute atomic E-state index is 13.2. The van der Waals surface area contributed by atoms with Gasteiger partial charge in [0, 0.05) is 12.2 Å². The van der Waals surface area contributed by atoms with Crippen LogP contribution in [0.3, 0.4) is 0 Å². The van der Waals surface area contributed by atoms with Gasteiger partial charge in [0.1, 0.15) is 11.8 Å². The number of hydrogen-bond acceptors (Lipinski definition) is 4. The highest BCUT2D eigenvalue weighted by atomic mass is 16.5. The number of ether oxygens (including phenoxy) is 1. The van der Waals surface area contributed by atoms with E-state index in [4.69, 9.17) is 4.74 Å². The van der Waals surface area contributed by atoms with Crippen molar-refractivity contribution in [2.24, 2.45) is 5.92 Å². The number of benzene rings is 2. The van der Waals surface area contributed by atoms with Crippen molar-refractivity contribution in [3.05, 3.63) is 54.1 Å². The normalized spacial score (nSPS) is 16.2. The zero-order chi connectivity index (χ0) is 22.5. The molecule has 7 nitrogen and oxygen atoms in total. The number of imide groups is 1. The molecule has 0 aromatic heterocycles. The molecule has 0 bridgehead atoms. The predicted octanol–water partition coefficient (Wildman–Crippen LogP) is 4.22. The lowest BCUT2D eigenvalue weighted by atomic mass is 10.1. The Labute approximate surface area is 183 Å². The zero-order valence-corrected chi connectivity index (χ0v) is 18.4. The minimum atomic E-state index is -0.828. The van der Waals surface area contributed by atoms with Crippen LogP contribution in [0, 0.1) is 12.8 Å². The molecule has 3 rings (SSSR count). The first kappa shape index (κ1) is 22.3. The summed E-state index contributed by atoms with van der Waals surface area (Å²) in [7, 11) is 1.57. The Kier molecular flexibility index (Phi) is 6.95. The summed E-state index contributed by atoms with van der Waals surface area (Å²) >= 11 is 0. The van der Waals surface area contributed by atoms with Crippen molar-refractivity contribution < 1.29 is 19.1 Å². The molecule has 31 heavy (non-hydrogen) atoms. The molecule has 1 fully saturated rings. The number of nitrogens with one attached hydrogen (secondary N) is 1. The van der Waals surface area contributed by atoms with E-state index in [0.717, 1.165) is 12.0 Å². The highest BCUT2D eigenvalue weighted by Gasteiger charge is 2.46. The largest absolute Gasteiger partial charge is 0.497 e. The van der Waals surface area contributed by atoms with Gasteiger partial charge < -0.3 is 15.0 Å². The van der Waals surface area contributed by atoms with Gasteiger partial charge in [0.25, 0.3) is 5.91 Å². The van der Waals surface area contributed by atoms with Crippen molar-refractivity contribution in [1.29, 1.82) is 0 Å². The first-order valence-corrected chi connectivity index (χ1v) is 10.4. The Morgan fingerprint density at radius 1 is 1.06 bits per heavy atom. The molecule has 0 radical (unpaired) electrons. The Hall–Kier alpha value is -3.35. The second-order valence-electron chi connectivity index (χ2n) is 8.16. The van der Waals surface area contributed by atoms with Crippen molar-refractivity contribution in [2.75, 3.05) is 23.9 Å². The van der Waals surface area contributed by atoms with Crippen LogP contribution in [0.2, 0.25) is 0 Å². The van der Waals surface area contributed by atoms with E-state index in [1.165, 1.54) is 9.80 Å². The molecule has 1 heterocycles. The van der Waals surface area contributed by atoms with E-state index in [2.05, 4.69) is 19.2 Å². The minimum Gasteiger partial charge on any atom is -0.497 e. The molecule has 2 aromatic rings. The molecule has 1 N–H and O–H groups in total. The van der Waals surface area contributed by atoms with Gasteiger partial charge >= 0.3 is 6.03 Å². The molecule has 0 unspecified atom stereocenters. The second kappa shape index (κ2) is 9.64. The van der Waals surface area contributed by atoms with Crippen molar-refractivity contribution in [3.8, 4) is 5.75 Å². The monoisotopic (exact) mass is 423 g/mol. The van der Waals surface area contributed by atoms with Gasteiger partial charge in [-0.1, -0.05) is 31.5 Å². The molecule has 4 amide bonds. The molecule has 0 spiro atoms. The quantitative estimate of drug-likeness (QED) is 0.645. The fourth-order valence-corrected chi connectivity index (χ4v) is 3.48. The number of nitrogens with zero attached hydrogens (tertiary/aromatic N) is 2. The van der Waals surface area contributed by atoms with Crippen molar-refractivity contribution in [2.45, 2.75) is 39.7 Å². The van der Waals surface area contributed by atoms with Crippen LogP contribution in [0.5, 0.6) is 5.75 Å².